The van der Waals surface area contributed by atoms with Crippen LogP contribution >= 0.6 is 0 Å². The summed E-state index contributed by atoms with van der Waals surface area (Å²) in [4.78, 5) is 0. The highest BCUT2D eigenvalue weighted by Crippen LogP contribution is 2.16. The monoisotopic (exact) mass is 470 g/mol. The lowest BCUT2D eigenvalue weighted by Crippen LogP contribution is -1.99. The van der Waals surface area contributed by atoms with E-state index in [9.17, 15) is 0 Å². The first kappa shape index (κ1) is 22.9. The zero-order chi connectivity index (χ0) is 24.4. The van der Waals surface area contributed by atoms with Crippen LogP contribution < -0.4 is 0 Å². The zero-order valence-electron chi connectivity index (χ0n) is 19.8. The summed E-state index contributed by atoms with van der Waals surface area (Å²) in [6.07, 6.45) is 3.95. The topological polar surface area (TPSA) is 61.4 Å². The first-order chi connectivity index (χ1) is 17.8. The predicted octanol–water partition coefficient (Wildman–Crippen LogP) is 5.99. The lowest BCUT2D eigenvalue weighted by atomic mass is 10.2. The predicted molar refractivity (Wildman–Crippen MR) is 142 cm³/mol. The minimum atomic E-state index is 0.751. The number of aromatic nitrogens is 6. The molecule has 0 fully saturated rings. The lowest BCUT2D eigenvalue weighted by molar-refractivity contribution is 0.650. The summed E-state index contributed by atoms with van der Waals surface area (Å²) < 4.78 is 3.72. The van der Waals surface area contributed by atoms with E-state index in [2.05, 4.69) is 44.9 Å². The Morgan fingerprint density at radius 2 is 0.750 bits per heavy atom. The van der Waals surface area contributed by atoms with Crippen molar-refractivity contribution in [3.05, 3.63) is 145 Å². The van der Waals surface area contributed by atoms with Gasteiger partial charge >= 0.3 is 0 Å². The molecule has 0 N–H and O–H groups in total. The molecule has 0 aliphatic carbocycles. The van der Waals surface area contributed by atoms with Gasteiger partial charge in [0.1, 0.15) is 11.4 Å². The molecule has 0 aliphatic heterocycles. The van der Waals surface area contributed by atoms with Crippen molar-refractivity contribution in [2.24, 2.45) is 0 Å². The van der Waals surface area contributed by atoms with Crippen molar-refractivity contribution < 1.29 is 0 Å². The highest BCUT2D eigenvalue weighted by molar-refractivity contribution is 5.57. The van der Waals surface area contributed by atoms with Gasteiger partial charge in [0.15, 0.2) is 0 Å². The van der Waals surface area contributed by atoms with Gasteiger partial charge in [0.05, 0.1) is 25.5 Å². The maximum atomic E-state index is 4.20. The van der Waals surface area contributed by atoms with Gasteiger partial charge in [-0.1, -0.05) is 132 Å². The van der Waals surface area contributed by atoms with Crippen LogP contribution in [0.1, 0.15) is 11.1 Å². The van der Waals surface area contributed by atoms with Crippen molar-refractivity contribution in [1.29, 1.82) is 0 Å². The van der Waals surface area contributed by atoms with Gasteiger partial charge in [0, 0.05) is 11.1 Å². The van der Waals surface area contributed by atoms with E-state index in [4.69, 9.17) is 0 Å². The van der Waals surface area contributed by atoms with E-state index in [1.165, 1.54) is 11.1 Å². The van der Waals surface area contributed by atoms with Gasteiger partial charge in [-0.3, -0.25) is 0 Å². The molecule has 2 heterocycles. The van der Waals surface area contributed by atoms with Gasteiger partial charge < -0.3 is 0 Å². The second kappa shape index (κ2) is 11.5. The fourth-order valence-corrected chi connectivity index (χ4v) is 3.77. The summed E-state index contributed by atoms with van der Waals surface area (Å²) in [6, 6.07) is 40.7. The third kappa shape index (κ3) is 6.18. The second-order valence-corrected chi connectivity index (χ2v) is 8.31. The number of hydrogen-bond acceptors (Lipinski definition) is 4. The molecule has 36 heavy (non-hydrogen) atoms. The molecule has 0 bridgehead atoms. The van der Waals surface area contributed by atoms with Crippen LogP contribution in [0.25, 0.3) is 22.5 Å². The van der Waals surface area contributed by atoms with Gasteiger partial charge in [-0.2, -0.15) is 0 Å². The molecule has 0 aliphatic rings. The number of rotatable bonds is 6. The number of hydrogen-bond donors (Lipinski definition) is 0. The minimum absolute atomic E-state index is 0.751. The summed E-state index contributed by atoms with van der Waals surface area (Å²) in [5, 5.41) is 16.7. The smallest absolute Gasteiger partial charge is 0.113 e. The Hall–Kier alpha value is -4.84. The van der Waals surface area contributed by atoms with Crippen molar-refractivity contribution in [3.63, 3.8) is 0 Å². The molecule has 0 amide bonds. The highest BCUT2D eigenvalue weighted by Gasteiger charge is 2.04. The summed E-state index contributed by atoms with van der Waals surface area (Å²) in [7, 11) is 0. The van der Waals surface area contributed by atoms with Crippen LogP contribution in [0.3, 0.4) is 0 Å². The van der Waals surface area contributed by atoms with E-state index in [0.29, 0.717) is 0 Å². The van der Waals surface area contributed by atoms with Crippen LogP contribution in [0.5, 0.6) is 0 Å². The van der Waals surface area contributed by atoms with E-state index in [-0.39, 0.29) is 0 Å². The first-order valence-electron chi connectivity index (χ1n) is 11.8. The average Bonchev–Trinajstić information content (AvgIpc) is 3.61. The van der Waals surface area contributed by atoms with E-state index in [1.54, 1.807) is 0 Å². The normalized spacial score (nSPS) is 10.4. The molecule has 0 spiro atoms. The quantitative estimate of drug-likeness (QED) is 0.300. The molecule has 6 nitrogen and oxygen atoms in total. The van der Waals surface area contributed by atoms with Crippen LogP contribution in [0.4, 0.5) is 0 Å². The third-order valence-corrected chi connectivity index (χ3v) is 5.59. The standard InChI is InChI=1S/2C15H13N3/c2*1-3-7-13(8-4-1)11-18-12-15(16-17-18)14-9-5-2-6-10-14/h2*1-10,12H,11H2. The Morgan fingerprint density at radius 1 is 0.417 bits per heavy atom. The molecule has 0 radical (unpaired) electrons. The molecule has 2 aromatic heterocycles. The van der Waals surface area contributed by atoms with E-state index in [1.807, 2.05) is 119 Å². The molecular weight excluding hydrogens is 444 g/mol. The fraction of sp³-hybridized carbons (Fsp3) is 0.0667. The Kier molecular flexibility index (Phi) is 7.34. The minimum Gasteiger partial charge on any atom is -0.247 e. The summed E-state index contributed by atoms with van der Waals surface area (Å²) >= 11 is 0. The van der Waals surface area contributed by atoms with Crippen LogP contribution in [-0.4, -0.2) is 30.0 Å². The average molecular weight is 471 g/mol. The molecular formula is C30H26N6. The Labute approximate surface area is 210 Å². The van der Waals surface area contributed by atoms with Crippen molar-refractivity contribution in [2.75, 3.05) is 0 Å². The second-order valence-electron chi connectivity index (χ2n) is 8.31. The molecule has 0 unspecified atom stereocenters. The lowest BCUT2D eigenvalue weighted by Gasteiger charge is -1.99. The Bertz CT molecular complexity index is 1340. The molecule has 6 rings (SSSR count). The molecule has 176 valence electrons. The van der Waals surface area contributed by atoms with E-state index < -0.39 is 0 Å². The van der Waals surface area contributed by atoms with Crippen molar-refractivity contribution in [1.82, 2.24) is 30.0 Å². The fourth-order valence-electron chi connectivity index (χ4n) is 3.77. The molecule has 0 saturated carbocycles. The van der Waals surface area contributed by atoms with E-state index >= 15 is 0 Å². The van der Waals surface area contributed by atoms with Gasteiger partial charge in [0.2, 0.25) is 0 Å². The SMILES string of the molecule is c1ccc(Cn2cc(-c3ccccc3)nn2)cc1.c1ccc(Cn2cc(-c3ccccc3)nn2)cc1. The maximum Gasteiger partial charge on any atom is 0.113 e. The zero-order valence-corrected chi connectivity index (χ0v) is 19.8. The van der Waals surface area contributed by atoms with Crippen LogP contribution in [-0.2, 0) is 13.1 Å². The van der Waals surface area contributed by atoms with Gasteiger partial charge in [0.25, 0.3) is 0 Å². The molecule has 0 atom stereocenters. The highest BCUT2D eigenvalue weighted by atomic mass is 15.4. The first-order valence-corrected chi connectivity index (χ1v) is 11.8. The van der Waals surface area contributed by atoms with Crippen LogP contribution in [0.2, 0.25) is 0 Å². The molecule has 0 saturated heterocycles. The summed E-state index contributed by atoms with van der Waals surface area (Å²) in [6.45, 7) is 1.50. The van der Waals surface area contributed by atoms with Crippen LogP contribution in [0.15, 0.2) is 134 Å². The number of benzene rings is 4. The maximum absolute atomic E-state index is 4.20. The number of nitrogens with zero attached hydrogens (tertiary/aromatic N) is 6. The third-order valence-electron chi connectivity index (χ3n) is 5.59. The summed E-state index contributed by atoms with van der Waals surface area (Å²) in [5.41, 5.74) is 6.45. The largest absolute Gasteiger partial charge is 0.247 e. The van der Waals surface area contributed by atoms with Crippen molar-refractivity contribution >= 4 is 0 Å². The van der Waals surface area contributed by atoms with Gasteiger partial charge in [-0.05, 0) is 11.1 Å². The molecule has 6 aromatic rings. The van der Waals surface area contributed by atoms with Gasteiger partial charge in [-0.15, -0.1) is 10.2 Å². The Morgan fingerprint density at radius 3 is 1.11 bits per heavy atom. The Balaban J connectivity index is 0.000000148. The van der Waals surface area contributed by atoms with Crippen LogP contribution in [0, 0.1) is 0 Å². The van der Waals surface area contributed by atoms with Crippen molar-refractivity contribution in [2.45, 2.75) is 13.1 Å². The molecule has 4 aromatic carbocycles. The van der Waals surface area contributed by atoms with Gasteiger partial charge in [-0.25, -0.2) is 9.36 Å². The summed E-state index contributed by atoms with van der Waals surface area (Å²) in [5.74, 6) is 0. The molecule has 6 heteroatoms. The van der Waals surface area contributed by atoms with E-state index in [0.717, 1.165) is 35.6 Å². The van der Waals surface area contributed by atoms with Crippen molar-refractivity contribution in [3.8, 4) is 22.5 Å².